The number of anilines is 1. The summed E-state index contributed by atoms with van der Waals surface area (Å²) in [5.74, 6) is 0.881. The topological polar surface area (TPSA) is 52.7 Å². The molecule has 4 rings (SSSR count). The molecule has 2 aromatic rings. The summed E-state index contributed by atoms with van der Waals surface area (Å²) in [7, 11) is 0. The predicted octanol–water partition coefficient (Wildman–Crippen LogP) is 7.92. The average molecular weight is 576 g/mol. The van der Waals surface area contributed by atoms with Crippen LogP contribution in [0.3, 0.4) is 0 Å². The van der Waals surface area contributed by atoms with E-state index in [1.54, 1.807) is 11.8 Å². The van der Waals surface area contributed by atoms with Crippen LogP contribution >= 0.6 is 11.8 Å². The Balaban J connectivity index is 1.41. The van der Waals surface area contributed by atoms with Gasteiger partial charge in [0.05, 0.1) is 0 Å². The number of hydrogen-bond acceptors (Lipinski definition) is 4. The molecule has 0 aromatic heterocycles. The number of allylic oxidation sites excluding steroid dienone is 1. The molecule has 1 unspecified atom stereocenters. The van der Waals surface area contributed by atoms with Crippen molar-refractivity contribution in [2.45, 2.75) is 96.4 Å². The molecule has 2 aliphatic heterocycles. The molecular formula is C35H49N3O2S. The zero-order valence-electron chi connectivity index (χ0n) is 25.3. The molecule has 0 bridgehead atoms. The van der Waals surface area contributed by atoms with Gasteiger partial charge >= 0.3 is 0 Å². The van der Waals surface area contributed by atoms with Crippen molar-refractivity contribution in [2.75, 3.05) is 25.0 Å². The molecule has 1 saturated heterocycles. The summed E-state index contributed by atoms with van der Waals surface area (Å²) in [4.78, 5) is 31.1. The number of carbonyl (C=O) groups is 2. The van der Waals surface area contributed by atoms with E-state index in [-0.39, 0.29) is 17.9 Å². The van der Waals surface area contributed by atoms with Crippen LogP contribution in [0.4, 0.5) is 5.69 Å². The normalized spacial score (nSPS) is 17.7. The Kier molecular flexibility index (Phi) is 12.4. The first-order valence-corrected chi connectivity index (χ1v) is 16.7. The summed E-state index contributed by atoms with van der Waals surface area (Å²) >= 11 is 1.73. The molecule has 1 fully saturated rings. The summed E-state index contributed by atoms with van der Waals surface area (Å²) < 4.78 is 0. The number of likely N-dealkylation sites (tertiary alicyclic amines) is 1. The minimum Gasteiger partial charge on any atom is -0.331 e. The van der Waals surface area contributed by atoms with Crippen molar-refractivity contribution in [1.29, 1.82) is 0 Å². The van der Waals surface area contributed by atoms with Gasteiger partial charge in [-0.05, 0) is 91.8 Å². The molecule has 0 aliphatic carbocycles. The third-order valence-electron chi connectivity index (χ3n) is 8.32. The monoisotopic (exact) mass is 575 g/mol. The van der Waals surface area contributed by atoms with Crippen molar-refractivity contribution in [2.24, 2.45) is 5.92 Å². The molecule has 5 nitrogen and oxygen atoms in total. The number of benzene rings is 2. The van der Waals surface area contributed by atoms with E-state index in [4.69, 9.17) is 0 Å². The molecule has 222 valence electrons. The lowest BCUT2D eigenvalue weighted by atomic mass is 9.99. The van der Waals surface area contributed by atoms with Crippen LogP contribution < -0.4 is 5.32 Å². The fourth-order valence-electron chi connectivity index (χ4n) is 5.69. The lowest BCUT2D eigenvalue weighted by Crippen LogP contribution is -2.47. The Morgan fingerprint density at radius 3 is 2.34 bits per heavy atom. The van der Waals surface area contributed by atoms with Crippen LogP contribution in [0.1, 0.15) is 93.6 Å². The highest BCUT2D eigenvalue weighted by Gasteiger charge is 2.29. The van der Waals surface area contributed by atoms with E-state index in [1.807, 2.05) is 24.3 Å². The SMILES string of the molecule is CCCCCc1ccc(C(=O)N(Cc2ccc(NC(=O)CC3CC=CS3)cc2)C2CCN(CCC(C)C)CC2)cc1. The Labute approximate surface area is 252 Å². The van der Waals surface area contributed by atoms with Crippen molar-refractivity contribution < 1.29 is 9.59 Å². The maximum atomic E-state index is 13.9. The van der Waals surface area contributed by atoms with Crippen LogP contribution in [-0.4, -0.2) is 52.5 Å². The fraction of sp³-hybridized carbons (Fsp3) is 0.543. The van der Waals surface area contributed by atoms with E-state index in [2.05, 4.69) is 71.6 Å². The van der Waals surface area contributed by atoms with Crippen molar-refractivity contribution in [3.8, 4) is 0 Å². The van der Waals surface area contributed by atoms with E-state index in [0.717, 1.165) is 62.1 Å². The maximum absolute atomic E-state index is 13.9. The minimum atomic E-state index is 0.0538. The number of thioether (sulfide) groups is 1. The number of rotatable bonds is 14. The zero-order valence-corrected chi connectivity index (χ0v) is 26.1. The lowest BCUT2D eigenvalue weighted by Gasteiger charge is -2.39. The van der Waals surface area contributed by atoms with E-state index >= 15 is 0 Å². The number of unbranched alkanes of at least 4 members (excludes halogenated alkanes) is 2. The van der Waals surface area contributed by atoms with Gasteiger partial charge in [0.25, 0.3) is 5.91 Å². The summed E-state index contributed by atoms with van der Waals surface area (Å²) in [6.45, 7) is 10.6. The van der Waals surface area contributed by atoms with Crippen LogP contribution in [-0.2, 0) is 17.8 Å². The van der Waals surface area contributed by atoms with Gasteiger partial charge in [-0.2, -0.15) is 0 Å². The number of piperidine rings is 1. The van der Waals surface area contributed by atoms with Gasteiger partial charge in [-0.3, -0.25) is 9.59 Å². The molecule has 41 heavy (non-hydrogen) atoms. The van der Waals surface area contributed by atoms with E-state index in [1.165, 1.54) is 31.2 Å². The average Bonchev–Trinajstić information content (AvgIpc) is 3.49. The quantitative estimate of drug-likeness (QED) is 0.233. The Hall–Kier alpha value is -2.57. The number of nitrogens with zero attached hydrogens (tertiary/aromatic N) is 2. The number of nitrogens with one attached hydrogen (secondary N) is 1. The van der Waals surface area contributed by atoms with Crippen LogP contribution in [0.25, 0.3) is 0 Å². The highest BCUT2D eigenvalue weighted by Crippen LogP contribution is 2.27. The van der Waals surface area contributed by atoms with E-state index in [9.17, 15) is 9.59 Å². The van der Waals surface area contributed by atoms with Crippen LogP contribution in [0, 0.1) is 5.92 Å². The molecule has 6 heteroatoms. The summed E-state index contributed by atoms with van der Waals surface area (Å²) in [5.41, 5.74) is 3.98. The molecule has 0 saturated carbocycles. The molecule has 1 atom stereocenters. The molecule has 2 heterocycles. The molecular weight excluding hydrogens is 526 g/mol. The standard InChI is InChI=1S/C35H49N3O2S/c1-4-5-6-8-28-10-14-30(15-11-28)35(40)38(32-19-22-37(23-20-32)21-18-27(2)3)26-29-12-16-31(17-13-29)36-34(39)25-33-9-7-24-41-33/h7,10-17,24,27,32-33H,4-6,8-9,18-23,25-26H2,1-3H3,(H,36,39). The maximum Gasteiger partial charge on any atom is 0.254 e. The predicted molar refractivity (Wildman–Crippen MR) is 173 cm³/mol. The summed E-state index contributed by atoms with van der Waals surface area (Å²) in [6.07, 6.45) is 11.5. The smallest absolute Gasteiger partial charge is 0.254 e. The molecule has 0 radical (unpaired) electrons. The number of carbonyl (C=O) groups excluding carboxylic acids is 2. The van der Waals surface area contributed by atoms with Gasteiger partial charge in [-0.1, -0.05) is 64.0 Å². The third-order valence-corrected chi connectivity index (χ3v) is 9.41. The second-order valence-electron chi connectivity index (χ2n) is 12.2. The van der Waals surface area contributed by atoms with Crippen molar-refractivity contribution in [1.82, 2.24) is 9.80 Å². The Morgan fingerprint density at radius 1 is 1.00 bits per heavy atom. The van der Waals surface area contributed by atoms with Gasteiger partial charge in [-0.15, -0.1) is 11.8 Å². The van der Waals surface area contributed by atoms with Crippen molar-refractivity contribution >= 4 is 29.3 Å². The first kappa shape index (κ1) is 31.4. The summed E-state index contributed by atoms with van der Waals surface area (Å²) in [6, 6.07) is 16.6. The minimum absolute atomic E-state index is 0.0538. The van der Waals surface area contributed by atoms with E-state index in [0.29, 0.717) is 24.1 Å². The van der Waals surface area contributed by atoms with Crippen LogP contribution in [0.15, 0.2) is 60.0 Å². The molecule has 0 spiro atoms. The molecule has 2 amide bonds. The highest BCUT2D eigenvalue weighted by atomic mass is 32.2. The Morgan fingerprint density at radius 2 is 1.71 bits per heavy atom. The number of hydrogen-bond donors (Lipinski definition) is 1. The number of amides is 2. The first-order chi connectivity index (χ1) is 19.9. The van der Waals surface area contributed by atoms with Gasteiger partial charge in [0.1, 0.15) is 0 Å². The largest absolute Gasteiger partial charge is 0.331 e. The molecule has 1 N–H and O–H groups in total. The summed E-state index contributed by atoms with van der Waals surface area (Å²) in [5, 5.41) is 5.47. The van der Waals surface area contributed by atoms with Gasteiger partial charge < -0.3 is 15.1 Å². The molecule has 2 aromatic carbocycles. The van der Waals surface area contributed by atoms with Gasteiger partial charge in [0, 0.05) is 48.6 Å². The second kappa shape index (κ2) is 16.2. The van der Waals surface area contributed by atoms with Crippen LogP contribution in [0.2, 0.25) is 0 Å². The van der Waals surface area contributed by atoms with E-state index < -0.39 is 0 Å². The van der Waals surface area contributed by atoms with Gasteiger partial charge in [0.2, 0.25) is 5.91 Å². The Bertz CT molecular complexity index is 1110. The molecule has 2 aliphatic rings. The lowest BCUT2D eigenvalue weighted by molar-refractivity contribution is -0.116. The van der Waals surface area contributed by atoms with Crippen LogP contribution in [0.5, 0.6) is 0 Å². The zero-order chi connectivity index (χ0) is 29.0. The van der Waals surface area contributed by atoms with Crippen molar-refractivity contribution in [3.63, 3.8) is 0 Å². The van der Waals surface area contributed by atoms with Gasteiger partial charge in [0.15, 0.2) is 0 Å². The first-order valence-electron chi connectivity index (χ1n) is 15.7. The highest BCUT2D eigenvalue weighted by molar-refractivity contribution is 8.03. The second-order valence-corrected chi connectivity index (χ2v) is 13.4. The van der Waals surface area contributed by atoms with Gasteiger partial charge in [-0.25, -0.2) is 0 Å². The van der Waals surface area contributed by atoms with Crippen molar-refractivity contribution in [3.05, 3.63) is 76.7 Å². The fourth-order valence-corrected chi connectivity index (χ4v) is 6.61. The number of aryl methyl sites for hydroxylation is 1. The third kappa shape index (κ3) is 10.0.